The fraction of sp³-hybridized carbons (Fsp3) is 0.294. The third-order valence-electron chi connectivity index (χ3n) is 3.67. The molecule has 1 aromatic carbocycles. The second kappa shape index (κ2) is 7.08. The quantitative estimate of drug-likeness (QED) is 0.674. The number of nitrogens with one attached hydrogen (secondary N) is 1. The molecule has 2 rings (SSSR count). The van der Waals surface area contributed by atoms with E-state index < -0.39 is 16.4 Å². The summed E-state index contributed by atoms with van der Waals surface area (Å²) in [5.41, 5.74) is 1.28. The van der Waals surface area contributed by atoms with Crippen molar-refractivity contribution in [1.82, 2.24) is 4.57 Å². The molecule has 0 bridgehead atoms. The molecule has 1 amide bonds. The van der Waals surface area contributed by atoms with Gasteiger partial charge in [-0.1, -0.05) is 32.0 Å². The van der Waals surface area contributed by atoms with E-state index >= 15 is 0 Å². The average Bonchev–Trinajstić information content (AvgIpc) is 2.49. The zero-order chi connectivity index (χ0) is 17.9. The van der Waals surface area contributed by atoms with E-state index in [-0.39, 0.29) is 23.7 Å². The van der Waals surface area contributed by atoms with Crippen LogP contribution in [0.15, 0.2) is 41.3 Å². The van der Waals surface area contributed by atoms with Crippen molar-refractivity contribution in [2.45, 2.75) is 33.2 Å². The number of hydrogen-bond donors (Lipinski definition) is 1. The molecular formula is C17H19N3O4. The van der Waals surface area contributed by atoms with Crippen LogP contribution in [0.3, 0.4) is 0 Å². The fourth-order valence-electron chi connectivity index (χ4n) is 2.43. The van der Waals surface area contributed by atoms with E-state index in [9.17, 15) is 19.7 Å². The van der Waals surface area contributed by atoms with Gasteiger partial charge < -0.3 is 5.32 Å². The predicted octanol–water partition coefficient (Wildman–Crippen LogP) is 2.83. The number of para-hydroxylation sites is 1. The zero-order valence-corrected chi connectivity index (χ0v) is 13.8. The first-order chi connectivity index (χ1) is 11.3. The number of nitro groups is 1. The molecule has 0 atom stereocenters. The van der Waals surface area contributed by atoms with Gasteiger partial charge in [-0.05, 0) is 24.5 Å². The van der Waals surface area contributed by atoms with Gasteiger partial charge in [0.1, 0.15) is 6.54 Å². The fourth-order valence-corrected chi connectivity index (χ4v) is 2.43. The summed E-state index contributed by atoms with van der Waals surface area (Å²) in [4.78, 5) is 34.6. The molecule has 1 aromatic heterocycles. The smallest absolute Gasteiger partial charge is 0.288 e. The van der Waals surface area contributed by atoms with E-state index in [1.165, 1.54) is 6.92 Å². The molecule has 1 N–H and O–H groups in total. The SMILES string of the molecule is Cc1cc(=O)n(CC(=O)Nc2ccccc2C(C)C)cc1[N+](=O)[O-]. The van der Waals surface area contributed by atoms with E-state index in [2.05, 4.69) is 5.32 Å². The molecule has 0 radical (unpaired) electrons. The molecule has 7 heteroatoms. The Hall–Kier alpha value is -2.96. The number of carbonyl (C=O) groups is 1. The van der Waals surface area contributed by atoms with Crippen molar-refractivity contribution in [3.63, 3.8) is 0 Å². The lowest BCUT2D eigenvalue weighted by atomic mass is 10.0. The number of hydrogen-bond acceptors (Lipinski definition) is 4. The largest absolute Gasteiger partial charge is 0.324 e. The summed E-state index contributed by atoms with van der Waals surface area (Å²) in [6.45, 7) is 5.23. The minimum absolute atomic E-state index is 0.190. The third-order valence-corrected chi connectivity index (χ3v) is 3.67. The van der Waals surface area contributed by atoms with Gasteiger partial charge >= 0.3 is 0 Å². The van der Waals surface area contributed by atoms with Crippen LogP contribution in [0, 0.1) is 17.0 Å². The third kappa shape index (κ3) is 3.87. The van der Waals surface area contributed by atoms with Crippen LogP contribution in [-0.4, -0.2) is 15.4 Å². The summed E-state index contributed by atoms with van der Waals surface area (Å²) >= 11 is 0. The summed E-state index contributed by atoms with van der Waals surface area (Å²) in [7, 11) is 0. The monoisotopic (exact) mass is 329 g/mol. The van der Waals surface area contributed by atoms with Gasteiger partial charge in [-0.3, -0.25) is 24.3 Å². The standard InChI is InChI=1S/C17H19N3O4/c1-11(2)13-6-4-5-7-14(13)18-16(21)10-19-9-15(20(23)24)12(3)8-17(19)22/h4-9,11H,10H2,1-3H3,(H,18,21). The first-order valence-corrected chi connectivity index (χ1v) is 7.54. The van der Waals surface area contributed by atoms with Crippen molar-refractivity contribution in [2.24, 2.45) is 0 Å². The first-order valence-electron chi connectivity index (χ1n) is 7.54. The minimum Gasteiger partial charge on any atom is -0.324 e. The summed E-state index contributed by atoms with van der Waals surface area (Å²) in [5.74, 6) is -0.187. The lowest BCUT2D eigenvalue weighted by Crippen LogP contribution is -2.27. The Morgan fingerprint density at radius 3 is 2.62 bits per heavy atom. The van der Waals surface area contributed by atoms with Gasteiger partial charge in [0.15, 0.2) is 0 Å². The van der Waals surface area contributed by atoms with Crippen molar-refractivity contribution >= 4 is 17.3 Å². The molecular weight excluding hydrogens is 310 g/mol. The van der Waals surface area contributed by atoms with Crippen molar-refractivity contribution in [3.8, 4) is 0 Å². The maximum absolute atomic E-state index is 12.2. The second-order valence-electron chi connectivity index (χ2n) is 5.86. The van der Waals surface area contributed by atoms with Crippen molar-refractivity contribution in [3.05, 3.63) is 68.1 Å². The highest BCUT2D eigenvalue weighted by atomic mass is 16.6. The molecule has 0 aliphatic heterocycles. The van der Waals surface area contributed by atoms with Gasteiger partial charge in [0, 0.05) is 17.3 Å². The Morgan fingerprint density at radius 2 is 2.00 bits per heavy atom. The second-order valence-corrected chi connectivity index (χ2v) is 5.86. The van der Waals surface area contributed by atoms with E-state index in [1.54, 1.807) is 6.07 Å². The summed E-state index contributed by atoms with van der Waals surface area (Å²) in [6, 6.07) is 8.56. The van der Waals surface area contributed by atoms with Crippen LogP contribution in [-0.2, 0) is 11.3 Å². The predicted molar refractivity (Wildman–Crippen MR) is 91.3 cm³/mol. The number of rotatable bonds is 5. The first kappa shape index (κ1) is 17.4. The Morgan fingerprint density at radius 1 is 1.33 bits per heavy atom. The van der Waals surface area contributed by atoms with Crippen LogP contribution in [0.5, 0.6) is 0 Å². The van der Waals surface area contributed by atoms with Crippen LogP contribution >= 0.6 is 0 Å². The molecule has 0 saturated heterocycles. The molecule has 0 spiro atoms. The Balaban J connectivity index is 2.24. The van der Waals surface area contributed by atoms with E-state index in [1.807, 2.05) is 32.0 Å². The number of nitrogens with zero attached hydrogens (tertiary/aromatic N) is 2. The molecule has 0 saturated carbocycles. The molecule has 0 unspecified atom stereocenters. The highest BCUT2D eigenvalue weighted by molar-refractivity contribution is 5.91. The van der Waals surface area contributed by atoms with Crippen LogP contribution in [0.2, 0.25) is 0 Å². The summed E-state index contributed by atoms with van der Waals surface area (Å²) in [6.07, 6.45) is 1.10. The normalized spacial score (nSPS) is 10.7. The Bertz CT molecular complexity index is 840. The molecule has 1 heterocycles. The van der Waals surface area contributed by atoms with Gasteiger partial charge in [-0.2, -0.15) is 0 Å². The summed E-state index contributed by atoms with van der Waals surface area (Å²) in [5, 5.41) is 13.7. The molecule has 0 aliphatic rings. The van der Waals surface area contributed by atoms with Crippen LogP contribution in [0.1, 0.15) is 30.9 Å². The van der Waals surface area contributed by atoms with Gasteiger partial charge in [-0.25, -0.2) is 0 Å². The number of aromatic nitrogens is 1. The highest BCUT2D eigenvalue weighted by Gasteiger charge is 2.15. The zero-order valence-electron chi connectivity index (χ0n) is 13.8. The molecule has 126 valence electrons. The molecule has 0 aliphatic carbocycles. The van der Waals surface area contributed by atoms with Gasteiger partial charge in [0.2, 0.25) is 5.91 Å². The molecule has 24 heavy (non-hydrogen) atoms. The lowest BCUT2D eigenvalue weighted by molar-refractivity contribution is -0.385. The van der Waals surface area contributed by atoms with Gasteiger partial charge in [0.05, 0.1) is 11.1 Å². The Kier molecular flexibility index (Phi) is 5.13. The topological polar surface area (TPSA) is 94.2 Å². The van der Waals surface area contributed by atoms with E-state index in [0.717, 1.165) is 22.4 Å². The highest BCUT2D eigenvalue weighted by Crippen LogP contribution is 2.23. The number of amides is 1. The molecule has 0 fully saturated rings. The van der Waals surface area contributed by atoms with E-state index in [0.29, 0.717) is 5.69 Å². The molecule has 2 aromatic rings. The average molecular weight is 329 g/mol. The Labute approximate surface area is 139 Å². The van der Waals surface area contributed by atoms with E-state index in [4.69, 9.17) is 0 Å². The maximum atomic E-state index is 12.2. The maximum Gasteiger partial charge on any atom is 0.288 e. The minimum atomic E-state index is -0.572. The number of benzene rings is 1. The number of aryl methyl sites for hydroxylation is 1. The van der Waals surface area contributed by atoms with Crippen LogP contribution in [0.4, 0.5) is 11.4 Å². The van der Waals surface area contributed by atoms with Crippen molar-refractivity contribution in [1.29, 1.82) is 0 Å². The van der Waals surface area contributed by atoms with Crippen molar-refractivity contribution in [2.75, 3.05) is 5.32 Å². The van der Waals surface area contributed by atoms with Crippen LogP contribution < -0.4 is 10.9 Å². The van der Waals surface area contributed by atoms with Crippen LogP contribution in [0.25, 0.3) is 0 Å². The van der Waals surface area contributed by atoms with Crippen molar-refractivity contribution < 1.29 is 9.72 Å². The number of pyridine rings is 1. The number of anilines is 1. The molecule has 7 nitrogen and oxygen atoms in total. The number of carbonyl (C=O) groups excluding carboxylic acids is 1. The van der Waals surface area contributed by atoms with Gasteiger partial charge in [0.25, 0.3) is 11.2 Å². The van der Waals surface area contributed by atoms with Gasteiger partial charge in [-0.15, -0.1) is 0 Å². The lowest BCUT2D eigenvalue weighted by Gasteiger charge is -2.14. The summed E-state index contributed by atoms with van der Waals surface area (Å²) < 4.78 is 1.04.